The number of hydrogen-bond acceptors (Lipinski definition) is 6. The van der Waals surface area contributed by atoms with E-state index in [2.05, 4.69) is 6.58 Å². The van der Waals surface area contributed by atoms with Gasteiger partial charge in [-0.2, -0.15) is 0 Å². The molecule has 3 rings (SSSR count). The molecule has 2 aromatic carbocycles. The molecule has 0 spiro atoms. The maximum absolute atomic E-state index is 12.8. The molecule has 0 N–H and O–H groups in total. The summed E-state index contributed by atoms with van der Waals surface area (Å²) in [5.74, 6) is -0.899. The molecule has 0 bridgehead atoms. The third kappa shape index (κ3) is 8.61. The topological polar surface area (TPSA) is 71.1 Å². The van der Waals surface area contributed by atoms with Crippen LogP contribution in [0.1, 0.15) is 79.5 Å². The Morgan fingerprint density at radius 3 is 2.06 bits per heavy atom. The van der Waals surface area contributed by atoms with Crippen LogP contribution in [-0.4, -0.2) is 42.6 Å². The van der Waals surface area contributed by atoms with Crippen molar-refractivity contribution < 1.29 is 28.5 Å². The molecule has 6 nitrogen and oxygen atoms in total. The van der Waals surface area contributed by atoms with Gasteiger partial charge in [0.1, 0.15) is 6.10 Å². The summed E-state index contributed by atoms with van der Waals surface area (Å²) in [5.41, 5.74) is 0.905. The summed E-state index contributed by atoms with van der Waals surface area (Å²) in [5, 5.41) is 0. The zero-order chi connectivity index (χ0) is 25.8. The Hall–Kier alpha value is -2.96. The largest absolute Gasteiger partial charge is 0.456 e. The monoisotopic (exact) mass is 494 g/mol. The molecule has 0 amide bonds. The Morgan fingerprint density at radius 2 is 1.47 bits per heavy atom. The molecule has 0 aliphatic carbocycles. The number of carbonyl (C=O) groups excluding carboxylic acids is 2. The van der Waals surface area contributed by atoms with Crippen LogP contribution in [0.3, 0.4) is 0 Å². The van der Waals surface area contributed by atoms with Gasteiger partial charge in [-0.25, -0.2) is 9.59 Å². The van der Waals surface area contributed by atoms with Crippen LogP contribution < -0.4 is 0 Å². The van der Waals surface area contributed by atoms with E-state index in [-0.39, 0.29) is 12.5 Å². The van der Waals surface area contributed by atoms with Gasteiger partial charge in [-0.3, -0.25) is 0 Å². The van der Waals surface area contributed by atoms with Crippen molar-refractivity contribution in [3.63, 3.8) is 0 Å². The van der Waals surface area contributed by atoms with Crippen LogP contribution in [0.15, 0.2) is 73.3 Å². The fourth-order valence-electron chi connectivity index (χ4n) is 4.22. The van der Waals surface area contributed by atoms with Gasteiger partial charge in [0.15, 0.2) is 12.4 Å². The van der Waals surface area contributed by atoms with Crippen molar-refractivity contribution in [3.8, 4) is 0 Å². The van der Waals surface area contributed by atoms with Crippen molar-refractivity contribution in [2.75, 3.05) is 0 Å². The van der Waals surface area contributed by atoms with Gasteiger partial charge < -0.3 is 18.9 Å². The molecular weight excluding hydrogens is 456 g/mol. The molecule has 1 heterocycles. The summed E-state index contributed by atoms with van der Waals surface area (Å²) in [6.45, 7) is 7.62. The molecule has 1 unspecified atom stereocenters. The minimum absolute atomic E-state index is 0.0667. The smallest absolute Gasteiger partial charge is 0.338 e. The number of benzene rings is 2. The number of rotatable bonds is 13. The summed E-state index contributed by atoms with van der Waals surface area (Å²) in [6.07, 6.45) is 6.16. The van der Waals surface area contributed by atoms with E-state index in [1.807, 2.05) is 32.1 Å². The fourth-order valence-corrected chi connectivity index (χ4v) is 4.22. The lowest BCUT2D eigenvalue weighted by Crippen LogP contribution is -2.51. The van der Waals surface area contributed by atoms with Gasteiger partial charge in [0.2, 0.25) is 0 Å². The fraction of sp³-hybridized carbons (Fsp3) is 0.467. The van der Waals surface area contributed by atoms with Gasteiger partial charge in [-0.1, -0.05) is 61.7 Å². The third-order valence-corrected chi connectivity index (χ3v) is 6.31. The Balaban J connectivity index is 1.63. The van der Waals surface area contributed by atoms with Gasteiger partial charge in [-0.05, 0) is 57.4 Å². The first-order valence-corrected chi connectivity index (χ1v) is 12.9. The highest BCUT2D eigenvalue weighted by Gasteiger charge is 2.41. The molecule has 0 saturated carbocycles. The van der Waals surface area contributed by atoms with Crippen molar-refractivity contribution in [1.29, 1.82) is 0 Å². The number of unbranched alkanes of at least 4 members (excludes halogenated alkanes) is 4. The Morgan fingerprint density at radius 1 is 0.917 bits per heavy atom. The van der Waals surface area contributed by atoms with Crippen LogP contribution in [0.5, 0.6) is 0 Å². The lowest BCUT2D eigenvalue weighted by Gasteiger charge is -2.39. The predicted molar refractivity (Wildman–Crippen MR) is 139 cm³/mol. The Bertz CT molecular complexity index is 944. The lowest BCUT2D eigenvalue weighted by molar-refractivity contribution is -0.272. The number of esters is 2. The first-order chi connectivity index (χ1) is 17.5. The van der Waals surface area contributed by atoms with Gasteiger partial charge in [-0.15, -0.1) is 6.58 Å². The molecule has 1 aliphatic heterocycles. The van der Waals surface area contributed by atoms with E-state index in [1.54, 1.807) is 48.5 Å². The molecule has 0 radical (unpaired) electrons. The molecule has 6 heteroatoms. The molecule has 194 valence electrons. The van der Waals surface area contributed by atoms with Crippen LogP contribution in [0.2, 0.25) is 0 Å². The van der Waals surface area contributed by atoms with Crippen molar-refractivity contribution >= 4 is 11.9 Å². The molecule has 1 fully saturated rings. The number of carbonyl (C=O) groups is 2. The second kappa shape index (κ2) is 14.6. The second-order valence-corrected chi connectivity index (χ2v) is 9.29. The molecule has 5 atom stereocenters. The molecule has 2 aromatic rings. The van der Waals surface area contributed by atoms with Gasteiger partial charge >= 0.3 is 11.9 Å². The number of allylic oxidation sites excluding steroid dienone is 1. The second-order valence-electron chi connectivity index (χ2n) is 9.29. The normalized spacial score (nSPS) is 22.4. The van der Waals surface area contributed by atoms with Crippen molar-refractivity contribution in [3.05, 3.63) is 84.4 Å². The summed E-state index contributed by atoms with van der Waals surface area (Å²) in [4.78, 5) is 25.5. The summed E-state index contributed by atoms with van der Waals surface area (Å²) in [7, 11) is 0. The Kier molecular flexibility index (Phi) is 11.2. The Labute approximate surface area is 214 Å². The minimum Gasteiger partial charge on any atom is -0.456 e. The van der Waals surface area contributed by atoms with E-state index in [0.717, 1.165) is 32.1 Å². The quantitative estimate of drug-likeness (QED) is 0.180. The molecular formula is C30H38O6. The highest BCUT2D eigenvalue weighted by molar-refractivity contribution is 5.90. The van der Waals surface area contributed by atoms with Crippen molar-refractivity contribution in [1.82, 2.24) is 0 Å². The van der Waals surface area contributed by atoms with E-state index in [9.17, 15) is 9.59 Å². The standard InChI is InChI=1S/C30H38O6/c1-4-5-6-7-8-11-16-22(2)33-30-27(36-29(32)25-19-14-10-15-20-25)21-26(23(3)34-30)35-28(31)24-17-12-9-13-18-24/h4,9-10,12-15,17-20,22-23,26-27,30H,1,5-8,11,16,21H2,2-3H3/t22-,23+,26-,27-,30?/m1/s1. The van der Waals surface area contributed by atoms with E-state index in [0.29, 0.717) is 11.1 Å². The average molecular weight is 495 g/mol. The van der Waals surface area contributed by atoms with E-state index in [1.165, 1.54) is 6.42 Å². The SMILES string of the molecule is C=CCCCCCC[C@@H](C)OC1O[C@@H](C)[C@H](OC(=O)c2ccccc2)C[C@H]1OC(=O)c1ccccc1. The third-order valence-electron chi connectivity index (χ3n) is 6.31. The molecule has 1 saturated heterocycles. The van der Waals surface area contributed by atoms with Crippen LogP contribution in [0.25, 0.3) is 0 Å². The number of hydrogen-bond donors (Lipinski definition) is 0. The molecule has 0 aromatic heterocycles. The van der Waals surface area contributed by atoms with E-state index >= 15 is 0 Å². The van der Waals surface area contributed by atoms with Gasteiger partial charge in [0, 0.05) is 6.42 Å². The highest BCUT2D eigenvalue weighted by atomic mass is 16.7. The average Bonchev–Trinajstić information content (AvgIpc) is 2.89. The van der Waals surface area contributed by atoms with Crippen LogP contribution >= 0.6 is 0 Å². The highest BCUT2D eigenvalue weighted by Crippen LogP contribution is 2.29. The lowest BCUT2D eigenvalue weighted by atomic mass is 10.0. The summed E-state index contributed by atoms with van der Waals surface area (Å²) in [6, 6.07) is 17.6. The summed E-state index contributed by atoms with van der Waals surface area (Å²) < 4.78 is 23.9. The zero-order valence-corrected chi connectivity index (χ0v) is 21.3. The maximum Gasteiger partial charge on any atom is 0.338 e. The zero-order valence-electron chi connectivity index (χ0n) is 21.3. The minimum atomic E-state index is -0.741. The summed E-state index contributed by atoms with van der Waals surface area (Å²) >= 11 is 0. The molecule has 1 aliphatic rings. The van der Waals surface area contributed by atoms with Crippen molar-refractivity contribution in [2.24, 2.45) is 0 Å². The first-order valence-electron chi connectivity index (χ1n) is 12.9. The van der Waals surface area contributed by atoms with Crippen LogP contribution in [-0.2, 0) is 18.9 Å². The molecule has 36 heavy (non-hydrogen) atoms. The van der Waals surface area contributed by atoms with Crippen molar-refractivity contribution in [2.45, 2.75) is 89.5 Å². The van der Waals surface area contributed by atoms with Crippen LogP contribution in [0.4, 0.5) is 0 Å². The van der Waals surface area contributed by atoms with Gasteiger partial charge in [0.25, 0.3) is 0 Å². The van der Waals surface area contributed by atoms with E-state index < -0.39 is 36.5 Å². The van der Waals surface area contributed by atoms with Crippen LogP contribution in [0, 0.1) is 0 Å². The first kappa shape index (κ1) is 27.6. The maximum atomic E-state index is 12.8. The number of ether oxygens (including phenoxy) is 4. The van der Waals surface area contributed by atoms with E-state index in [4.69, 9.17) is 18.9 Å². The van der Waals surface area contributed by atoms with Gasteiger partial charge in [0.05, 0.1) is 23.3 Å². The predicted octanol–water partition coefficient (Wildman–Crippen LogP) is 6.50.